The van der Waals surface area contributed by atoms with Crippen molar-refractivity contribution in [3.8, 4) is 11.1 Å². The highest BCUT2D eigenvalue weighted by Crippen LogP contribution is 2.41. The van der Waals surface area contributed by atoms with E-state index in [9.17, 15) is 0 Å². The Morgan fingerprint density at radius 1 is 1.11 bits per heavy atom. The molecular formula is C16H20N2O. The molecule has 2 N–H and O–H groups in total. The first-order valence-electron chi connectivity index (χ1n) is 7.06. The molecule has 3 heteroatoms. The maximum atomic E-state index is 5.98. The molecule has 3 rings (SSSR count). The molecule has 0 aliphatic heterocycles. The quantitative estimate of drug-likeness (QED) is 0.875. The molecule has 19 heavy (non-hydrogen) atoms. The van der Waals surface area contributed by atoms with Crippen LogP contribution in [0, 0.1) is 5.92 Å². The largest absolute Gasteiger partial charge is 0.367 e. The Kier molecular flexibility index (Phi) is 3.28. The summed E-state index contributed by atoms with van der Waals surface area (Å²) < 4.78 is 5.26. The summed E-state index contributed by atoms with van der Waals surface area (Å²) in [6.07, 6.45) is 4.91. The minimum Gasteiger partial charge on any atom is -0.367 e. The van der Waals surface area contributed by atoms with Crippen molar-refractivity contribution < 1.29 is 4.52 Å². The summed E-state index contributed by atoms with van der Waals surface area (Å²) in [4.78, 5) is 0. The van der Waals surface area contributed by atoms with Crippen molar-refractivity contribution in [1.29, 1.82) is 0 Å². The standard InChI is InChI=1S/C16H20N2O/c1-11-7-9-13(10-8-11)15-14(16(17)19-18-15)12-5-3-2-4-6-12/h2-6,11,13H,7-10,17H2,1H3. The van der Waals surface area contributed by atoms with Gasteiger partial charge in [0.1, 0.15) is 0 Å². The number of aromatic nitrogens is 1. The number of hydrogen-bond acceptors (Lipinski definition) is 3. The van der Waals surface area contributed by atoms with Crippen molar-refractivity contribution in [2.45, 2.75) is 38.5 Å². The van der Waals surface area contributed by atoms with Crippen LogP contribution in [0.25, 0.3) is 11.1 Å². The number of hydrogen-bond donors (Lipinski definition) is 1. The summed E-state index contributed by atoms with van der Waals surface area (Å²) >= 11 is 0. The summed E-state index contributed by atoms with van der Waals surface area (Å²) in [5, 5.41) is 4.24. The molecule has 1 aliphatic rings. The SMILES string of the molecule is CC1CCC(c2noc(N)c2-c2ccccc2)CC1. The molecular weight excluding hydrogens is 236 g/mol. The number of benzene rings is 1. The molecule has 0 saturated heterocycles. The predicted octanol–water partition coefficient (Wildman–Crippen LogP) is 4.22. The Bertz CT molecular complexity index is 539. The van der Waals surface area contributed by atoms with E-state index in [0.717, 1.165) is 22.7 Å². The van der Waals surface area contributed by atoms with Crippen LogP contribution >= 0.6 is 0 Å². The third kappa shape index (κ3) is 2.37. The number of nitrogen functional groups attached to an aromatic ring is 1. The van der Waals surface area contributed by atoms with Crippen molar-refractivity contribution in [1.82, 2.24) is 5.16 Å². The summed E-state index contributed by atoms with van der Waals surface area (Å²) in [5.74, 6) is 1.77. The van der Waals surface area contributed by atoms with Gasteiger partial charge in [-0.05, 0) is 24.3 Å². The summed E-state index contributed by atoms with van der Waals surface area (Å²) in [5.41, 5.74) is 9.14. The van der Waals surface area contributed by atoms with E-state index < -0.39 is 0 Å². The third-order valence-electron chi connectivity index (χ3n) is 4.21. The van der Waals surface area contributed by atoms with E-state index in [4.69, 9.17) is 10.3 Å². The van der Waals surface area contributed by atoms with Gasteiger partial charge in [-0.2, -0.15) is 0 Å². The van der Waals surface area contributed by atoms with Crippen molar-refractivity contribution >= 4 is 5.88 Å². The molecule has 0 amide bonds. The summed E-state index contributed by atoms with van der Waals surface area (Å²) in [6, 6.07) is 10.2. The molecule has 1 fully saturated rings. The normalized spacial score (nSPS) is 23.4. The van der Waals surface area contributed by atoms with E-state index in [0.29, 0.717) is 11.8 Å². The van der Waals surface area contributed by atoms with Gasteiger partial charge in [0.05, 0.1) is 11.3 Å². The Labute approximate surface area is 113 Å². The molecule has 0 bridgehead atoms. The highest BCUT2D eigenvalue weighted by molar-refractivity contribution is 5.75. The molecule has 1 aromatic carbocycles. The lowest BCUT2D eigenvalue weighted by atomic mass is 9.80. The monoisotopic (exact) mass is 256 g/mol. The Balaban J connectivity index is 1.95. The molecule has 0 spiro atoms. The zero-order valence-electron chi connectivity index (χ0n) is 11.3. The smallest absolute Gasteiger partial charge is 0.230 e. The van der Waals surface area contributed by atoms with Crippen molar-refractivity contribution in [2.75, 3.05) is 5.73 Å². The molecule has 1 aliphatic carbocycles. The number of rotatable bonds is 2. The van der Waals surface area contributed by atoms with Crippen LogP contribution < -0.4 is 5.73 Å². The minimum atomic E-state index is 0.444. The van der Waals surface area contributed by atoms with Gasteiger partial charge in [-0.25, -0.2) is 0 Å². The lowest BCUT2D eigenvalue weighted by Crippen LogP contribution is -2.11. The zero-order valence-corrected chi connectivity index (χ0v) is 11.3. The molecule has 0 atom stereocenters. The van der Waals surface area contributed by atoms with Gasteiger partial charge < -0.3 is 10.3 Å². The van der Waals surface area contributed by atoms with Crippen molar-refractivity contribution in [2.24, 2.45) is 5.92 Å². The van der Waals surface area contributed by atoms with Gasteiger partial charge in [0.2, 0.25) is 5.88 Å². The molecule has 0 unspecified atom stereocenters. The highest BCUT2D eigenvalue weighted by atomic mass is 16.5. The Morgan fingerprint density at radius 2 is 1.79 bits per heavy atom. The predicted molar refractivity (Wildman–Crippen MR) is 76.7 cm³/mol. The first-order valence-corrected chi connectivity index (χ1v) is 7.06. The maximum Gasteiger partial charge on any atom is 0.230 e. The van der Waals surface area contributed by atoms with Gasteiger partial charge in [-0.3, -0.25) is 0 Å². The maximum absolute atomic E-state index is 5.98. The average Bonchev–Trinajstić information content (AvgIpc) is 2.82. The van der Waals surface area contributed by atoms with Crippen LogP contribution in [0.2, 0.25) is 0 Å². The summed E-state index contributed by atoms with van der Waals surface area (Å²) in [6.45, 7) is 2.32. The molecule has 0 radical (unpaired) electrons. The zero-order chi connectivity index (χ0) is 13.2. The van der Waals surface area contributed by atoms with Crippen LogP contribution in [-0.2, 0) is 0 Å². The van der Waals surface area contributed by atoms with Gasteiger partial charge in [-0.15, -0.1) is 0 Å². The van der Waals surface area contributed by atoms with E-state index in [2.05, 4.69) is 24.2 Å². The van der Waals surface area contributed by atoms with Crippen LogP contribution in [0.4, 0.5) is 5.88 Å². The van der Waals surface area contributed by atoms with Crippen LogP contribution in [0.3, 0.4) is 0 Å². The lowest BCUT2D eigenvalue weighted by molar-refractivity contribution is 0.331. The molecule has 2 aromatic rings. The molecule has 1 aromatic heterocycles. The molecule has 100 valence electrons. The first-order chi connectivity index (χ1) is 9.25. The topological polar surface area (TPSA) is 52.0 Å². The van der Waals surface area contributed by atoms with Gasteiger partial charge >= 0.3 is 0 Å². The van der Waals surface area contributed by atoms with Gasteiger partial charge in [-0.1, -0.05) is 55.3 Å². The highest BCUT2D eigenvalue weighted by Gasteiger charge is 2.27. The van der Waals surface area contributed by atoms with Crippen molar-refractivity contribution in [3.05, 3.63) is 36.0 Å². The van der Waals surface area contributed by atoms with E-state index in [1.807, 2.05) is 18.2 Å². The Hall–Kier alpha value is -1.77. The van der Waals surface area contributed by atoms with E-state index in [1.165, 1.54) is 25.7 Å². The molecule has 1 heterocycles. The fourth-order valence-electron chi connectivity index (χ4n) is 3.02. The second kappa shape index (κ2) is 5.08. The summed E-state index contributed by atoms with van der Waals surface area (Å²) in [7, 11) is 0. The third-order valence-corrected chi connectivity index (χ3v) is 4.21. The van der Waals surface area contributed by atoms with Crippen molar-refractivity contribution in [3.63, 3.8) is 0 Å². The number of nitrogens with two attached hydrogens (primary N) is 1. The fraction of sp³-hybridized carbons (Fsp3) is 0.438. The fourth-order valence-corrected chi connectivity index (χ4v) is 3.02. The van der Waals surface area contributed by atoms with Crippen LogP contribution in [-0.4, -0.2) is 5.16 Å². The number of nitrogens with zero attached hydrogens (tertiary/aromatic N) is 1. The van der Waals surface area contributed by atoms with E-state index in [1.54, 1.807) is 0 Å². The second-order valence-electron chi connectivity index (χ2n) is 5.63. The Morgan fingerprint density at radius 3 is 2.47 bits per heavy atom. The second-order valence-corrected chi connectivity index (χ2v) is 5.63. The van der Waals surface area contributed by atoms with E-state index in [-0.39, 0.29) is 0 Å². The van der Waals surface area contributed by atoms with E-state index >= 15 is 0 Å². The van der Waals surface area contributed by atoms with Gasteiger partial charge in [0, 0.05) is 5.92 Å². The molecule has 1 saturated carbocycles. The first kappa shape index (κ1) is 12.3. The van der Waals surface area contributed by atoms with Gasteiger partial charge in [0.15, 0.2) is 0 Å². The lowest BCUT2D eigenvalue weighted by Gasteiger charge is -2.25. The van der Waals surface area contributed by atoms with Gasteiger partial charge in [0.25, 0.3) is 0 Å². The van der Waals surface area contributed by atoms with Crippen LogP contribution in [0.15, 0.2) is 34.9 Å². The molecule has 3 nitrogen and oxygen atoms in total. The van der Waals surface area contributed by atoms with Crippen LogP contribution in [0.5, 0.6) is 0 Å². The number of anilines is 1. The minimum absolute atomic E-state index is 0.444. The average molecular weight is 256 g/mol. The van der Waals surface area contributed by atoms with Crippen LogP contribution in [0.1, 0.15) is 44.2 Å².